The van der Waals surface area contributed by atoms with E-state index >= 15 is 0 Å². The second-order valence-corrected chi connectivity index (χ2v) is 11.3. The first-order chi connectivity index (χ1) is 37.4. The Balaban J connectivity index is 1.42. The van der Waals surface area contributed by atoms with E-state index in [1.807, 2.05) is 0 Å². The Morgan fingerprint density at radius 1 is 0.353 bits per heavy atom. The van der Waals surface area contributed by atoms with E-state index in [1.165, 1.54) is 0 Å². The third-order valence-corrected chi connectivity index (χ3v) is 8.69. The SMILES string of the molecule is [2H]c1cc(-c2c([2H])c([2H])c([2H])c3c2c([2H])c([2H])c2c([2H])c([2H])c([2H])c([2H])c23)c([2H])c(-c2c3c([2H])c([2H])c([2H])c([2H])c3c(-c3c([2H])c([2H])c([2H])c4oc5c6c([2H])c([2H])c([2H])c([2H])c6c([2H])c([2H])c5c34)c3c([2H])c([2H])c([2H])c([2H])c23)c1[2H]. The number of furan rings is 1. The van der Waals surface area contributed by atoms with Crippen LogP contribution in [-0.4, -0.2) is 0 Å². The highest BCUT2D eigenvalue weighted by Gasteiger charge is 2.21. The lowest BCUT2D eigenvalue weighted by Crippen LogP contribution is -1.92. The van der Waals surface area contributed by atoms with Gasteiger partial charge in [-0.2, -0.15) is 0 Å². The van der Waals surface area contributed by atoms with Crippen LogP contribution in [0.4, 0.5) is 0 Å². The van der Waals surface area contributed by atoms with E-state index in [-0.39, 0.29) is 0 Å². The van der Waals surface area contributed by atoms with Gasteiger partial charge in [-0.05, 0) is 100.0 Å². The largest absolute Gasteiger partial charge is 0.455 e. The Morgan fingerprint density at radius 2 is 0.922 bits per heavy atom. The van der Waals surface area contributed by atoms with Gasteiger partial charge in [-0.25, -0.2) is 0 Å². The molecule has 0 N–H and O–H groups in total. The van der Waals surface area contributed by atoms with Crippen LogP contribution in [0.15, 0.2) is 186 Å². The Kier molecular flexibility index (Phi) is 2.56. The van der Waals surface area contributed by atoms with Crippen LogP contribution in [-0.2, 0) is 0 Å². The predicted octanol–water partition coefficient (Wildman–Crippen LogP) is 14.4. The highest BCUT2D eigenvalue weighted by molar-refractivity contribution is 6.27. The smallest absolute Gasteiger partial charge is 0.143 e. The average molecular weight is 676 g/mol. The van der Waals surface area contributed by atoms with E-state index in [9.17, 15) is 15.1 Å². The van der Waals surface area contributed by atoms with Crippen molar-refractivity contribution in [3.63, 3.8) is 0 Å². The molecule has 0 saturated heterocycles. The van der Waals surface area contributed by atoms with Crippen LogP contribution in [0.5, 0.6) is 0 Å². The minimum absolute atomic E-state index is 0.467. The quantitative estimate of drug-likeness (QED) is 0.134. The second kappa shape index (κ2) is 10.9. The van der Waals surface area contributed by atoms with Gasteiger partial charge in [0.25, 0.3) is 0 Å². The molecule has 0 radical (unpaired) electrons. The minimum Gasteiger partial charge on any atom is -0.455 e. The van der Waals surface area contributed by atoms with E-state index in [2.05, 4.69) is 0 Å². The molecular formula is C50H30O. The maximum atomic E-state index is 10.0. The van der Waals surface area contributed by atoms with Crippen LogP contribution in [0.2, 0.25) is 0 Å². The Morgan fingerprint density at radius 3 is 1.67 bits per heavy atom. The molecule has 11 rings (SSSR count). The van der Waals surface area contributed by atoms with Gasteiger partial charge in [0.2, 0.25) is 0 Å². The molecule has 10 aromatic carbocycles. The van der Waals surface area contributed by atoms with E-state index in [4.69, 9.17) is 29.1 Å². The van der Waals surface area contributed by atoms with Gasteiger partial charge in [-0.15, -0.1) is 0 Å². The third kappa shape index (κ3) is 4.16. The zero-order chi connectivity index (χ0) is 58.7. The van der Waals surface area contributed by atoms with E-state index in [0.717, 1.165) is 6.07 Å². The number of hydrogen-bond donors (Lipinski definition) is 0. The molecule has 0 atom stereocenters. The van der Waals surface area contributed by atoms with Crippen molar-refractivity contribution in [2.24, 2.45) is 0 Å². The molecule has 236 valence electrons. The van der Waals surface area contributed by atoms with Crippen LogP contribution in [0.3, 0.4) is 0 Å². The van der Waals surface area contributed by atoms with Crippen molar-refractivity contribution in [3.05, 3.63) is 181 Å². The topological polar surface area (TPSA) is 13.1 Å². The van der Waals surface area contributed by atoms with Gasteiger partial charge >= 0.3 is 0 Å². The van der Waals surface area contributed by atoms with Crippen molar-refractivity contribution in [2.75, 3.05) is 0 Å². The molecule has 51 heavy (non-hydrogen) atoms. The van der Waals surface area contributed by atoms with Crippen molar-refractivity contribution in [1.29, 1.82) is 0 Å². The Labute approximate surface area is 335 Å². The van der Waals surface area contributed by atoms with Crippen molar-refractivity contribution < 1.29 is 44.2 Å². The lowest BCUT2D eigenvalue weighted by molar-refractivity contribution is 0.673. The van der Waals surface area contributed by atoms with Crippen molar-refractivity contribution in [3.8, 4) is 33.4 Å². The van der Waals surface area contributed by atoms with Gasteiger partial charge in [0, 0.05) is 16.2 Å². The zero-order valence-electron chi connectivity index (χ0n) is 54.5. The van der Waals surface area contributed by atoms with Gasteiger partial charge in [0.05, 0.1) is 39.8 Å². The lowest BCUT2D eigenvalue weighted by atomic mass is 9.84. The van der Waals surface area contributed by atoms with Crippen LogP contribution in [0, 0.1) is 0 Å². The first-order valence-electron chi connectivity index (χ1n) is 29.7. The molecule has 1 nitrogen and oxygen atoms in total. The highest BCUT2D eigenvalue weighted by atomic mass is 16.3. The third-order valence-electron chi connectivity index (χ3n) is 8.69. The standard InChI is InChI=1S/C50H30O/c1-3-16-35-31(12-1)26-28-39-36(22-10-23-38(35)39)33-14-9-15-34(30-33)47-40-18-5-7-20-42(40)48(43-21-8-6-19-41(43)47)44-24-11-25-46-49(44)45-29-27-32-13-2-4-17-37(32)50(45)51-46/h1-30H/i1D,2D,3D,4D,5D,6D,7D,8D,9D,10D,11D,12D,13D,15D,16D,17D,18D,19D,20D,21D,22D,23D,24D,25D,26D,27D,28D,29D,30D. The van der Waals surface area contributed by atoms with Crippen molar-refractivity contribution in [1.82, 2.24) is 0 Å². The minimum atomic E-state index is -1.02. The lowest BCUT2D eigenvalue weighted by Gasteiger charge is -2.19. The molecule has 0 bridgehead atoms. The average Bonchev–Trinajstić information content (AvgIpc) is 3.84. The summed E-state index contributed by atoms with van der Waals surface area (Å²) in [5.41, 5.74) is -5.48. The fourth-order valence-corrected chi connectivity index (χ4v) is 6.56. The summed E-state index contributed by atoms with van der Waals surface area (Å²) in [6.07, 6.45) is 0. The van der Waals surface area contributed by atoms with Gasteiger partial charge in [0.15, 0.2) is 0 Å². The molecule has 1 heterocycles. The van der Waals surface area contributed by atoms with Gasteiger partial charge in [-0.1, -0.05) is 163 Å². The maximum Gasteiger partial charge on any atom is 0.143 e. The molecule has 11 aromatic rings. The monoisotopic (exact) mass is 675 g/mol. The highest BCUT2D eigenvalue weighted by Crippen LogP contribution is 2.48. The first-order valence-corrected chi connectivity index (χ1v) is 15.2. The molecule has 0 amide bonds. The predicted molar refractivity (Wildman–Crippen MR) is 218 cm³/mol. The van der Waals surface area contributed by atoms with E-state index in [0.29, 0.717) is 0 Å². The molecule has 0 aliphatic heterocycles. The molecule has 0 fully saturated rings. The molecule has 1 aromatic heterocycles. The number of benzene rings is 10. The molecular weight excluding hydrogens is 617 g/mol. The fraction of sp³-hybridized carbons (Fsp3) is 0. The number of hydrogen-bond acceptors (Lipinski definition) is 1. The Hall–Kier alpha value is -6.70. The summed E-state index contributed by atoms with van der Waals surface area (Å²) in [6, 6.07) is -25.1. The summed E-state index contributed by atoms with van der Waals surface area (Å²) in [7, 11) is 0. The second-order valence-electron chi connectivity index (χ2n) is 11.3. The van der Waals surface area contributed by atoms with Crippen LogP contribution in [0.25, 0.3) is 109 Å². The van der Waals surface area contributed by atoms with Crippen molar-refractivity contribution >= 4 is 75.8 Å². The molecule has 0 aliphatic carbocycles. The van der Waals surface area contributed by atoms with Crippen molar-refractivity contribution in [2.45, 2.75) is 0 Å². The number of rotatable bonds is 3. The van der Waals surface area contributed by atoms with E-state index < -0.39 is 284 Å². The van der Waals surface area contributed by atoms with Crippen LogP contribution < -0.4 is 0 Å². The summed E-state index contributed by atoms with van der Waals surface area (Å²) in [4.78, 5) is 0. The molecule has 0 spiro atoms. The number of fused-ring (bicyclic) bond motifs is 10. The van der Waals surface area contributed by atoms with Gasteiger partial charge in [-0.3, -0.25) is 0 Å². The van der Waals surface area contributed by atoms with E-state index in [1.54, 1.807) is 0 Å². The van der Waals surface area contributed by atoms with Crippen LogP contribution in [0.1, 0.15) is 39.8 Å². The van der Waals surface area contributed by atoms with Gasteiger partial charge in [0.1, 0.15) is 11.2 Å². The normalized spacial score (nSPS) is 19.9. The first kappa shape index (κ1) is 12.0. The Bertz CT molecular complexity index is 4790. The zero-order valence-corrected chi connectivity index (χ0v) is 25.5. The summed E-state index contributed by atoms with van der Waals surface area (Å²) >= 11 is 0. The molecule has 0 saturated carbocycles. The fourth-order valence-electron chi connectivity index (χ4n) is 6.56. The summed E-state index contributed by atoms with van der Waals surface area (Å²) in [5.74, 6) is 0. The summed E-state index contributed by atoms with van der Waals surface area (Å²) in [6.45, 7) is 0. The van der Waals surface area contributed by atoms with Gasteiger partial charge < -0.3 is 4.42 Å². The molecule has 1 heteroatoms. The maximum absolute atomic E-state index is 10.0. The summed E-state index contributed by atoms with van der Waals surface area (Å²) in [5, 5.41) is -7.15. The summed E-state index contributed by atoms with van der Waals surface area (Å²) < 4.78 is 270. The van der Waals surface area contributed by atoms with Crippen LogP contribution >= 0.6 is 0 Å². The molecule has 0 aliphatic rings. The molecule has 0 unspecified atom stereocenters.